The molecular formula is C9H20N2O2S. The molecule has 0 aliphatic heterocycles. The van der Waals surface area contributed by atoms with Crippen molar-refractivity contribution in [1.29, 1.82) is 0 Å². The Labute approximate surface area is 86.5 Å². The summed E-state index contributed by atoms with van der Waals surface area (Å²) in [6, 6.07) is 0.0635. The minimum absolute atomic E-state index is 0.0635. The first kappa shape index (κ1) is 11.9. The van der Waals surface area contributed by atoms with Gasteiger partial charge in [0.2, 0.25) is 10.0 Å². The summed E-state index contributed by atoms with van der Waals surface area (Å²) in [6.45, 7) is 2.42. The first-order valence-corrected chi connectivity index (χ1v) is 6.72. The summed E-state index contributed by atoms with van der Waals surface area (Å²) in [5, 5.41) is 0. The third-order valence-corrected chi connectivity index (χ3v) is 4.54. The average Bonchev–Trinajstić information content (AvgIpc) is 2.82. The van der Waals surface area contributed by atoms with Crippen LogP contribution in [0.5, 0.6) is 0 Å². The van der Waals surface area contributed by atoms with Gasteiger partial charge in [0, 0.05) is 19.6 Å². The Morgan fingerprint density at radius 2 is 2.07 bits per heavy atom. The van der Waals surface area contributed by atoms with Crippen LogP contribution in [0.4, 0.5) is 0 Å². The summed E-state index contributed by atoms with van der Waals surface area (Å²) in [5.74, 6) is 0.736. The van der Waals surface area contributed by atoms with Crippen molar-refractivity contribution < 1.29 is 8.42 Å². The first-order valence-electron chi connectivity index (χ1n) is 5.11. The highest BCUT2D eigenvalue weighted by Crippen LogP contribution is 2.30. The second-order valence-electron chi connectivity index (χ2n) is 4.31. The molecule has 0 aromatic rings. The normalized spacial score (nSPS) is 20.0. The van der Waals surface area contributed by atoms with Crippen LogP contribution in [0, 0.1) is 5.92 Å². The molecule has 0 bridgehead atoms. The minimum Gasteiger partial charge on any atom is -0.328 e. The molecule has 1 aliphatic rings. The zero-order valence-corrected chi connectivity index (χ0v) is 9.76. The van der Waals surface area contributed by atoms with Crippen LogP contribution in [0.2, 0.25) is 0 Å². The zero-order chi connectivity index (χ0) is 10.8. The van der Waals surface area contributed by atoms with E-state index in [-0.39, 0.29) is 6.04 Å². The van der Waals surface area contributed by atoms with E-state index in [1.165, 1.54) is 4.31 Å². The molecule has 0 saturated heterocycles. The van der Waals surface area contributed by atoms with Gasteiger partial charge in [-0.25, -0.2) is 12.7 Å². The predicted molar refractivity (Wildman–Crippen MR) is 57.4 cm³/mol. The molecule has 1 unspecified atom stereocenters. The summed E-state index contributed by atoms with van der Waals surface area (Å²) >= 11 is 0. The lowest BCUT2D eigenvalue weighted by molar-refractivity contribution is 0.445. The average molecular weight is 220 g/mol. The van der Waals surface area contributed by atoms with Gasteiger partial charge in [-0.1, -0.05) is 0 Å². The minimum atomic E-state index is -3.01. The van der Waals surface area contributed by atoms with Crippen LogP contribution in [0.1, 0.15) is 26.2 Å². The second-order valence-corrected chi connectivity index (χ2v) is 6.43. The van der Waals surface area contributed by atoms with Crippen LogP contribution < -0.4 is 5.73 Å². The van der Waals surface area contributed by atoms with Crippen LogP contribution >= 0.6 is 0 Å². The fraction of sp³-hybridized carbons (Fsp3) is 1.00. The van der Waals surface area contributed by atoms with Crippen LogP contribution in [0.25, 0.3) is 0 Å². The molecule has 0 radical (unpaired) electrons. The first-order chi connectivity index (χ1) is 6.42. The van der Waals surface area contributed by atoms with Crippen molar-refractivity contribution >= 4 is 10.0 Å². The molecule has 0 spiro atoms. The molecule has 1 atom stereocenters. The van der Waals surface area contributed by atoms with E-state index >= 15 is 0 Å². The summed E-state index contributed by atoms with van der Waals surface area (Å²) in [6.07, 6.45) is 2.86. The SMILES string of the molecule is CC(N)CCN(C)S(=O)(=O)CC1CC1. The van der Waals surface area contributed by atoms with Crippen molar-refractivity contribution in [1.82, 2.24) is 4.31 Å². The molecule has 4 nitrogen and oxygen atoms in total. The Bertz CT molecular complexity index is 271. The van der Waals surface area contributed by atoms with Gasteiger partial charge in [-0.2, -0.15) is 0 Å². The monoisotopic (exact) mass is 220 g/mol. The maximum Gasteiger partial charge on any atom is 0.214 e. The molecule has 0 heterocycles. The number of nitrogens with two attached hydrogens (primary N) is 1. The highest BCUT2D eigenvalue weighted by molar-refractivity contribution is 7.89. The smallest absolute Gasteiger partial charge is 0.214 e. The lowest BCUT2D eigenvalue weighted by atomic mass is 10.2. The van der Waals surface area contributed by atoms with E-state index < -0.39 is 10.0 Å². The summed E-state index contributed by atoms with van der Waals surface area (Å²) < 4.78 is 24.8. The maximum absolute atomic E-state index is 11.7. The second kappa shape index (κ2) is 4.59. The molecule has 0 amide bonds. The lowest BCUT2D eigenvalue weighted by Crippen LogP contribution is -2.33. The Hall–Kier alpha value is -0.130. The van der Waals surface area contributed by atoms with Crippen molar-refractivity contribution in [2.24, 2.45) is 11.7 Å². The molecule has 1 rings (SSSR count). The van der Waals surface area contributed by atoms with Gasteiger partial charge in [-0.3, -0.25) is 0 Å². The van der Waals surface area contributed by atoms with E-state index in [0.717, 1.165) is 19.3 Å². The van der Waals surface area contributed by atoms with Crippen molar-refractivity contribution in [3.05, 3.63) is 0 Å². The van der Waals surface area contributed by atoms with Crippen LogP contribution in [0.15, 0.2) is 0 Å². The number of sulfonamides is 1. The number of rotatable bonds is 6. The van der Waals surface area contributed by atoms with Gasteiger partial charge < -0.3 is 5.73 Å². The Kier molecular flexibility index (Phi) is 3.92. The molecule has 2 N–H and O–H groups in total. The van der Waals surface area contributed by atoms with E-state index in [4.69, 9.17) is 5.73 Å². The fourth-order valence-electron chi connectivity index (χ4n) is 1.23. The standard InChI is InChI=1S/C9H20N2O2S/c1-8(10)5-6-11(2)14(12,13)7-9-3-4-9/h8-9H,3-7,10H2,1-2H3. The van der Waals surface area contributed by atoms with E-state index in [0.29, 0.717) is 18.2 Å². The zero-order valence-electron chi connectivity index (χ0n) is 8.94. The third-order valence-electron chi connectivity index (χ3n) is 2.52. The highest BCUT2D eigenvalue weighted by atomic mass is 32.2. The number of hydrogen-bond donors (Lipinski definition) is 1. The van der Waals surface area contributed by atoms with Crippen molar-refractivity contribution in [3.63, 3.8) is 0 Å². The molecule has 14 heavy (non-hydrogen) atoms. The molecule has 0 aromatic carbocycles. The molecule has 1 saturated carbocycles. The van der Waals surface area contributed by atoms with Crippen molar-refractivity contribution in [2.45, 2.75) is 32.2 Å². The summed E-state index contributed by atoms with van der Waals surface area (Å²) in [4.78, 5) is 0. The molecule has 1 aliphatic carbocycles. The van der Waals surface area contributed by atoms with Gasteiger partial charge in [0.25, 0.3) is 0 Å². The molecule has 0 aromatic heterocycles. The lowest BCUT2D eigenvalue weighted by Gasteiger charge is -2.17. The van der Waals surface area contributed by atoms with Crippen LogP contribution in [0.3, 0.4) is 0 Å². The Balaban J connectivity index is 2.36. The van der Waals surface area contributed by atoms with E-state index in [9.17, 15) is 8.42 Å². The quantitative estimate of drug-likeness (QED) is 0.704. The van der Waals surface area contributed by atoms with Crippen molar-refractivity contribution in [2.75, 3.05) is 19.3 Å². The van der Waals surface area contributed by atoms with Gasteiger partial charge in [-0.05, 0) is 32.1 Å². The third kappa shape index (κ3) is 3.94. The largest absolute Gasteiger partial charge is 0.328 e. The maximum atomic E-state index is 11.7. The van der Waals surface area contributed by atoms with E-state index in [1.807, 2.05) is 6.92 Å². The number of nitrogens with zero attached hydrogens (tertiary/aromatic N) is 1. The predicted octanol–water partition coefficient (Wildman–Crippen LogP) is 0.395. The van der Waals surface area contributed by atoms with Gasteiger partial charge in [0.1, 0.15) is 0 Å². The fourth-order valence-corrected chi connectivity index (χ4v) is 2.80. The Morgan fingerprint density at radius 3 is 2.50 bits per heavy atom. The van der Waals surface area contributed by atoms with Gasteiger partial charge in [0.15, 0.2) is 0 Å². The van der Waals surface area contributed by atoms with Gasteiger partial charge in [-0.15, -0.1) is 0 Å². The molecule has 84 valence electrons. The highest BCUT2D eigenvalue weighted by Gasteiger charge is 2.30. The summed E-state index contributed by atoms with van der Waals surface area (Å²) in [5.41, 5.74) is 5.58. The molecular weight excluding hydrogens is 200 g/mol. The number of hydrogen-bond acceptors (Lipinski definition) is 3. The molecule has 5 heteroatoms. The van der Waals surface area contributed by atoms with E-state index in [2.05, 4.69) is 0 Å². The topological polar surface area (TPSA) is 63.4 Å². The van der Waals surface area contributed by atoms with Gasteiger partial charge >= 0.3 is 0 Å². The van der Waals surface area contributed by atoms with Crippen molar-refractivity contribution in [3.8, 4) is 0 Å². The van der Waals surface area contributed by atoms with Crippen LogP contribution in [-0.2, 0) is 10.0 Å². The molecule has 1 fully saturated rings. The summed E-state index contributed by atoms with van der Waals surface area (Å²) in [7, 11) is -1.38. The Morgan fingerprint density at radius 1 is 1.50 bits per heavy atom. The van der Waals surface area contributed by atoms with E-state index in [1.54, 1.807) is 7.05 Å². The van der Waals surface area contributed by atoms with Gasteiger partial charge in [0.05, 0.1) is 5.75 Å². The van der Waals surface area contributed by atoms with Crippen LogP contribution in [-0.4, -0.2) is 38.1 Å².